The van der Waals surface area contributed by atoms with Gasteiger partial charge in [-0.2, -0.15) is 10.2 Å². The van der Waals surface area contributed by atoms with Gasteiger partial charge in [-0.15, -0.1) is 11.3 Å². The van der Waals surface area contributed by atoms with E-state index in [0.717, 1.165) is 49.1 Å². The van der Waals surface area contributed by atoms with Gasteiger partial charge in [0.2, 0.25) is 0 Å². The lowest BCUT2D eigenvalue weighted by Crippen LogP contribution is -2.49. The molecule has 0 spiro atoms. The van der Waals surface area contributed by atoms with Crippen molar-refractivity contribution in [1.29, 1.82) is 0 Å². The van der Waals surface area contributed by atoms with Crippen LogP contribution in [0.25, 0.3) is 5.70 Å². The highest BCUT2D eigenvalue weighted by Crippen LogP contribution is 2.49. The first kappa shape index (κ1) is 25.5. The van der Waals surface area contributed by atoms with Crippen molar-refractivity contribution >= 4 is 40.4 Å². The Bertz CT molecular complexity index is 1420. The minimum atomic E-state index is -0.512. The van der Waals surface area contributed by atoms with Gasteiger partial charge < -0.3 is 15.0 Å². The Kier molecular flexibility index (Phi) is 6.70. The number of carbonyl (C=O) groups is 3. The summed E-state index contributed by atoms with van der Waals surface area (Å²) in [6.07, 6.45) is 2.67. The molecule has 2 N–H and O–H groups in total. The number of anilines is 1. The van der Waals surface area contributed by atoms with Gasteiger partial charge in [0.1, 0.15) is 11.7 Å². The second-order valence-electron chi connectivity index (χ2n) is 10.8. The van der Waals surface area contributed by atoms with Crippen molar-refractivity contribution in [3.05, 3.63) is 56.8 Å². The van der Waals surface area contributed by atoms with Gasteiger partial charge in [0.25, 0.3) is 5.91 Å². The van der Waals surface area contributed by atoms with Crippen LogP contribution in [0.4, 0.5) is 10.5 Å². The number of thiophene rings is 1. The van der Waals surface area contributed by atoms with Crippen LogP contribution >= 0.6 is 11.3 Å². The number of ether oxygens (including phenoxy) is 1. The van der Waals surface area contributed by atoms with Crippen LogP contribution in [-0.4, -0.2) is 91.6 Å². The van der Waals surface area contributed by atoms with Crippen LogP contribution in [0.1, 0.15) is 49.4 Å². The van der Waals surface area contributed by atoms with Crippen molar-refractivity contribution in [2.45, 2.75) is 18.9 Å². The molecule has 2 saturated heterocycles. The van der Waals surface area contributed by atoms with Gasteiger partial charge in [0, 0.05) is 45.8 Å². The van der Waals surface area contributed by atoms with E-state index in [1.807, 2.05) is 23.1 Å². The summed E-state index contributed by atoms with van der Waals surface area (Å²) in [5, 5.41) is 13.4. The van der Waals surface area contributed by atoms with Crippen molar-refractivity contribution in [3.8, 4) is 0 Å². The van der Waals surface area contributed by atoms with Gasteiger partial charge in [-0.3, -0.25) is 19.9 Å². The van der Waals surface area contributed by atoms with Crippen molar-refractivity contribution < 1.29 is 19.1 Å². The number of amides is 3. The number of carbonyl (C=O) groups excluding carboxylic acids is 3. The van der Waals surface area contributed by atoms with Gasteiger partial charge in [-0.1, -0.05) is 12.1 Å². The maximum absolute atomic E-state index is 13.7. The molecule has 3 aliphatic heterocycles. The summed E-state index contributed by atoms with van der Waals surface area (Å²) in [7, 11) is 0. The summed E-state index contributed by atoms with van der Waals surface area (Å²) in [6.45, 7) is 6.75. The molecule has 0 radical (unpaired) electrons. The molecule has 3 amide bonds. The van der Waals surface area contributed by atoms with Crippen LogP contribution in [0, 0.1) is 5.92 Å². The van der Waals surface area contributed by atoms with E-state index >= 15 is 0 Å². The number of hydrogen-bond donors (Lipinski definition) is 2. The summed E-state index contributed by atoms with van der Waals surface area (Å²) in [4.78, 5) is 45.4. The molecule has 208 valence electrons. The molecule has 40 heavy (non-hydrogen) atoms. The van der Waals surface area contributed by atoms with E-state index in [2.05, 4.69) is 25.9 Å². The molecular weight excluding hydrogens is 530 g/mol. The van der Waals surface area contributed by atoms with E-state index in [1.165, 1.54) is 24.2 Å². The van der Waals surface area contributed by atoms with Crippen molar-refractivity contribution in [1.82, 2.24) is 20.2 Å². The number of benzene rings is 1. The maximum atomic E-state index is 13.7. The molecule has 12 heteroatoms. The first-order valence-corrected chi connectivity index (χ1v) is 14.7. The van der Waals surface area contributed by atoms with E-state index in [0.29, 0.717) is 53.7 Å². The van der Waals surface area contributed by atoms with Crippen molar-refractivity contribution in [3.63, 3.8) is 0 Å². The minimum Gasteiger partial charge on any atom is -0.379 e. The van der Waals surface area contributed by atoms with Crippen LogP contribution in [0.15, 0.2) is 46.1 Å². The topological polar surface area (TPSA) is 119 Å². The lowest BCUT2D eigenvalue weighted by atomic mass is 10.1. The van der Waals surface area contributed by atoms with Gasteiger partial charge in [-0.05, 0) is 42.5 Å². The first-order chi connectivity index (χ1) is 19.5. The Labute approximate surface area is 235 Å². The highest BCUT2D eigenvalue weighted by Gasteiger charge is 2.43. The molecule has 4 heterocycles. The molecule has 2 aromatic rings. The number of hydrazine groups is 1. The summed E-state index contributed by atoms with van der Waals surface area (Å²) in [5.74, 6) is 0.679. The molecular formula is C28H31N7O4S. The number of urea groups is 1. The summed E-state index contributed by atoms with van der Waals surface area (Å²) in [6, 6.07) is 8.14. The monoisotopic (exact) mass is 561 g/mol. The van der Waals surface area contributed by atoms with Crippen LogP contribution in [0.3, 0.4) is 0 Å². The number of morpholine rings is 1. The third kappa shape index (κ3) is 4.85. The van der Waals surface area contributed by atoms with E-state index < -0.39 is 12.1 Å². The average molecular weight is 562 g/mol. The predicted octanol–water partition coefficient (Wildman–Crippen LogP) is 3.40. The number of ketones is 1. The van der Waals surface area contributed by atoms with Gasteiger partial charge in [0.15, 0.2) is 5.78 Å². The zero-order chi connectivity index (χ0) is 27.2. The summed E-state index contributed by atoms with van der Waals surface area (Å²) < 4.78 is 5.32. The number of nitrogens with zero attached hydrogens (tertiary/aromatic N) is 5. The fourth-order valence-electron chi connectivity index (χ4n) is 5.78. The molecule has 11 nitrogen and oxygen atoms in total. The molecule has 1 aromatic heterocycles. The lowest BCUT2D eigenvalue weighted by molar-refractivity contribution is 0.0207. The van der Waals surface area contributed by atoms with Crippen LogP contribution in [0.2, 0.25) is 0 Å². The average Bonchev–Trinajstić information content (AvgIpc) is 3.36. The van der Waals surface area contributed by atoms with Gasteiger partial charge in [-0.25, -0.2) is 9.80 Å². The molecule has 1 saturated carbocycles. The molecule has 0 bridgehead atoms. The number of nitrogens with one attached hydrogen (secondary N) is 2. The minimum absolute atomic E-state index is 0.0261. The fraction of sp³-hybridized carbons (Fsp3) is 0.464. The quantitative estimate of drug-likeness (QED) is 0.558. The third-order valence-electron chi connectivity index (χ3n) is 8.11. The Morgan fingerprint density at radius 2 is 1.82 bits per heavy atom. The van der Waals surface area contributed by atoms with E-state index in [4.69, 9.17) is 4.74 Å². The number of Topliss-reactive ketones (excluding diaryl/α,β-unsaturated/α-hetero) is 1. The van der Waals surface area contributed by atoms with Crippen molar-refractivity contribution in [2.24, 2.45) is 16.1 Å². The van der Waals surface area contributed by atoms with Gasteiger partial charge in [0.05, 0.1) is 39.8 Å². The molecule has 1 atom stereocenters. The maximum Gasteiger partial charge on any atom is 0.333 e. The summed E-state index contributed by atoms with van der Waals surface area (Å²) in [5.41, 5.74) is 5.41. The number of piperazine rings is 1. The highest BCUT2D eigenvalue weighted by atomic mass is 32.1. The number of fused-ring (bicyclic) bond motifs is 3. The van der Waals surface area contributed by atoms with Crippen LogP contribution < -0.4 is 10.7 Å². The van der Waals surface area contributed by atoms with Crippen molar-refractivity contribution in [2.75, 3.05) is 64.3 Å². The molecule has 5 aliphatic rings. The largest absolute Gasteiger partial charge is 0.379 e. The highest BCUT2D eigenvalue weighted by molar-refractivity contribution is 7.15. The van der Waals surface area contributed by atoms with E-state index in [1.54, 1.807) is 17.1 Å². The molecule has 1 aromatic carbocycles. The smallest absolute Gasteiger partial charge is 0.333 e. The lowest BCUT2D eigenvalue weighted by Gasteiger charge is -2.34. The number of azo groups is 1. The second-order valence-corrected chi connectivity index (χ2v) is 11.9. The Balaban J connectivity index is 1.06. The molecule has 7 rings (SSSR count). The van der Waals surface area contributed by atoms with Gasteiger partial charge >= 0.3 is 6.03 Å². The molecule has 2 aliphatic carbocycles. The standard InChI is InChI=1S/C28H31N7O4S/c36-26-22-18(2-1-3-19(22)29-28(38)32-35-12-14-39-15-13-35)24-23(26)25(31-30-24)20-6-7-21(40-20)27(37)34-10-8-33(9-11-34)16-17-4-5-17/h1-3,6-7,17,24H,4-5,8-16H2,(H2,29,32,38). The third-order valence-corrected chi connectivity index (χ3v) is 9.19. The Morgan fingerprint density at radius 1 is 1.02 bits per heavy atom. The predicted molar refractivity (Wildman–Crippen MR) is 149 cm³/mol. The van der Waals surface area contributed by atoms with Crippen LogP contribution in [0.5, 0.6) is 0 Å². The Hall–Kier alpha value is -3.45. The first-order valence-electron chi connectivity index (χ1n) is 13.9. The van der Waals surface area contributed by atoms with E-state index in [9.17, 15) is 14.4 Å². The second kappa shape index (κ2) is 10.5. The molecule has 3 fully saturated rings. The Morgan fingerprint density at radius 3 is 2.60 bits per heavy atom. The number of rotatable bonds is 6. The zero-order valence-corrected chi connectivity index (χ0v) is 22.9. The molecule has 1 unspecified atom stereocenters. The SMILES string of the molecule is O=C(Nc1cccc2c1C(=O)C1=C(c3ccc(C(=O)N4CCN(CC5CC5)CC4)s3)N=NC12)NN1CCOCC1. The zero-order valence-electron chi connectivity index (χ0n) is 22.1. The normalized spacial score (nSPS) is 22.9. The summed E-state index contributed by atoms with van der Waals surface area (Å²) >= 11 is 1.35. The van der Waals surface area contributed by atoms with E-state index in [-0.39, 0.29) is 11.7 Å². The van der Waals surface area contributed by atoms with Crippen LogP contribution in [-0.2, 0) is 4.74 Å². The fourth-order valence-corrected chi connectivity index (χ4v) is 6.76. The number of hydrogen-bond acceptors (Lipinski definition) is 9.